The molecule has 0 radical (unpaired) electrons. The van der Waals surface area contributed by atoms with Crippen LogP contribution in [0, 0.1) is 6.92 Å². The van der Waals surface area contributed by atoms with Crippen LogP contribution in [0.2, 0.25) is 5.02 Å². The van der Waals surface area contributed by atoms with Crippen molar-refractivity contribution in [3.8, 4) is 0 Å². The summed E-state index contributed by atoms with van der Waals surface area (Å²) in [6.07, 6.45) is 2.70. The van der Waals surface area contributed by atoms with Gasteiger partial charge in [0.2, 0.25) is 0 Å². The molecule has 7 heteroatoms. The first kappa shape index (κ1) is 14.8. The van der Waals surface area contributed by atoms with Crippen LogP contribution >= 0.6 is 11.6 Å². The third kappa shape index (κ3) is 2.78. The molecule has 0 aliphatic carbocycles. The van der Waals surface area contributed by atoms with E-state index in [4.69, 9.17) is 11.6 Å². The Balaban J connectivity index is 1.93. The first-order valence-electron chi connectivity index (χ1n) is 7.28. The van der Waals surface area contributed by atoms with Gasteiger partial charge >= 0.3 is 5.69 Å². The summed E-state index contributed by atoms with van der Waals surface area (Å²) < 4.78 is 0. The molecule has 3 rings (SSSR count). The number of aryl methyl sites for hydroxylation is 1. The number of rotatable bonds is 2. The van der Waals surface area contributed by atoms with Gasteiger partial charge in [-0.15, -0.1) is 0 Å². The monoisotopic (exact) mass is 320 g/mol. The Morgan fingerprint density at radius 1 is 1.41 bits per heavy atom. The highest BCUT2D eigenvalue weighted by Gasteiger charge is 2.31. The molecule has 116 valence electrons. The van der Waals surface area contributed by atoms with Crippen molar-refractivity contribution in [2.24, 2.45) is 0 Å². The number of benzene rings is 1. The van der Waals surface area contributed by atoms with E-state index >= 15 is 0 Å². The minimum absolute atomic E-state index is 0.126. The van der Waals surface area contributed by atoms with Crippen LogP contribution in [0.15, 0.2) is 23.0 Å². The molecule has 0 saturated carbocycles. The molecule has 1 atom stereocenters. The highest BCUT2D eigenvalue weighted by atomic mass is 35.5. The number of nitrogens with one attached hydrogen (secondary N) is 2. The number of carbonyl (C=O) groups is 1. The van der Waals surface area contributed by atoms with Crippen LogP contribution in [0.4, 0.5) is 0 Å². The summed E-state index contributed by atoms with van der Waals surface area (Å²) in [6, 6.07) is 5.18. The SMILES string of the molecule is Cc1ccc(C(=O)N2CCCCC2c2n[nH]c(=O)[nH]2)c(Cl)c1. The van der Waals surface area contributed by atoms with Gasteiger partial charge in [0.1, 0.15) is 0 Å². The first-order chi connectivity index (χ1) is 10.6. The molecule has 0 spiro atoms. The van der Waals surface area contributed by atoms with E-state index in [0.717, 1.165) is 24.8 Å². The van der Waals surface area contributed by atoms with E-state index in [2.05, 4.69) is 15.2 Å². The largest absolute Gasteiger partial charge is 0.340 e. The number of amides is 1. The summed E-state index contributed by atoms with van der Waals surface area (Å²) in [6.45, 7) is 2.56. The molecule has 1 aromatic carbocycles. The minimum Gasteiger partial charge on any atom is -0.328 e. The molecule has 2 N–H and O–H groups in total. The molecule has 2 heterocycles. The van der Waals surface area contributed by atoms with Gasteiger partial charge in [0.25, 0.3) is 5.91 Å². The van der Waals surface area contributed by atoms with Gasteiger partial charge in [0.15, 0.2) is 5.82 Å². The first-order valence-corrected chi connectivity index (χ1v) is 7.66. The van der Waals surface area contributed by atoms with E-state index in [1.165, 1.54) is 0 Å². The molecule has 2 aromatic rings. The molecule has 1 aliphatic heterocycles. The van der Waals surface area contributed by atoms with Gasteiger partial charge in [-0.25, -0.2) is 9.89 Å². The summed E-state index contributed by atoms with van der Waals surface area (Å²) in [4.78, 5) is 28.5. The van der Waals surface area contributed by atoms with Crippen molar-refractivity contribution in [2.45, 2.75) is 32.2 Å². The molecule has 1 aliphatic rings. The number of aromatic amines is 2. The number of carbonyl (C=O) groups excluding carboxylic acids is 1. The second-order valence-electron chi connectivity index (χ2n) is 5.56. The quantitative estimate of drug-likeness (QED) is 0.891. The van der Waals surface area contributed by atoms with Crippen molar-refractivity contribution < 1.29 is 4.79 Å². The predicted molar refractivity (Wildman–Crippen MR) is 83.0 cm³/mol. The zero-order valence-electron chi connectivity index (χ0n) is 12.2. The van der Waals surface area contributed by atoms with Crippen molar-refractivity contribution >= 4 is 17.5 Å². The number of hydrogen-bond acceptors (Lipinski definition) is 3. The van der Waals surface area contributed by atoms with Crippen LogP contribution in [0.3, 0.4) is 0 Å². The number of piperidine rings is 1. The summed E-state index contributed by atoms with van der Waals surface area (Å²) in [5.41, 5.74) is 1.13. The zero-order valence-corrected chi connectivity index (χ0v) is 13.0. The molecule has 1 amide bonds. The van der Waals surface area contributed by atoms with Crippen molar-refractivity contribution in [1.82, 2.24) is 20.1 Å². The maximum atomic E-state index is 12.8. The third-order valence-corrected chi connectivity index (χ3v) is 4.27. The molecule has 1 fully saturated rings. The highest BCUT2D eigenvalue weighted by Crippen LogP contribution is 2.31. The van der Waals surface area contributed by atoms with E-state index < -0.39 is 0 Å². The van der Waals surface area contributed by atoms with Gasteiger partial charge in [-0.1, -0.05) is 17.7 Å². The fourth-order valence-corrected chi connectivity index (χ4v) is 3.16. The fraction of sp³-hybridized carbons (Fsp3) is 0.400. The van der Waals surface area contributed by atoms with Crippen LogP contribution in [0.25, 0.3) is 0 Å². The van der Waals surface area contributed by atoms with Crippen molar-refractivity contribution in [2.75, 3.05) is 6.54 Å². The minimum atomic E-state index is -0.360. The molecule has 22 heavy (non-hydrogen) atoms. The summed E-state index contributed by atoms with van der Waals surface area (Å²) >= 11 is 6.21. The molecular formula is C15H17ClN4O2. The van der Waals surface area contributed by atoms with E-state index in [1.807, 2.05) is 13.0 Å². The van der Waals surface area contributed by atoms with Gasteiger partial charge < -0.3 is 4.90 Å². The van der Waals surface area contributed by atoms with Crippen molar-refractivity contribution in [3.05, 3.63) is 50.7 Å². The lowest BCUT2D eigenvalue weighted by atomic mass is 10.00. The van der Waals surface area contributed by atoms with E-state index in [-0.39, 0.29) is 17.6 Å². The molecular weight excluding hydrogens is 304 g/mol. The lowest BCUT2D eigenvalue weighted by Crippen LogP contribution is -2.39. The third-order valence-electron chi connectivity index (χ3n) is 3.95. The number of nitrogens with zero attached hydrogens (tertiary/aromatic N) is 2. The zero-order chi connectivity index (χ0) is 15.7. The van der Waals surface area contributed by atoms with Crippen LogP contribution in [0.1, 0.15) is 47.1 Å². The average Bonchev–Trinajstić information content (AvgIpc) is 2.93. The maximum absolute atomic E-state index is 12.8. The number of halogens is 1. The summed E-state index contributed by atoms with van der Waals surface area (Å²) in [5.74, 6) is 0.375. The lowest BCUT2D eigenvalue weighted by molar-refractivity contribution is 0.0600. The second kappa shape index (κ2) is 5.96. The smallest absolute Gasteiger partial charge is 0.328 e. The fourth-order valence-electron chi connectivity index (χ4n) is 2.85. The number of hydrogen-bond donors (Lipinski definition) is 2. The van der Waals surface area contributed by atoms with Gasteiger partial charge in [0.05, 0.1) is 16.6 Å². The molecule has 1 aromatic heterocycles. The topological polar surface area (TPSA) is 81.8 Å². The van der Waals surface area contributed by atoms with Crippen LogP contribution in [-0.4, -0.2) is 32.5 Å². The van der Waals surface area contributed by atoms with Crippen molar-refractivity contribution in [3.63, 3.8) is 0 Å². The number of likely N-dealkylation sites (tertiary alicyclic amines) is 1. The van der Waals surface area contributed by atoms with E-state index in [1.54, 1.807) is 17.0 Å². The number of H-pyrrole nitrogens is 2. The molecule has 1 saturated heterocycles. The van der Waals surface area contributed by atoms with Gasteiger partial charge in [-0.2, -0.15) is 5.10 Å². The average molecular weight is 321 g/mol. The standard InChI is InChI=1S/C15H17ClN4O2/c1-9-5-6-10(11(16)8-9)14(21)20-7-3-2-4-12(20)13-17-15(22)19-18-13/h5-6,8,12H,2-4,7H2,1H3,(H2,17,18,19,22). The molecule has 1 unspecified atom stereocenters. The van der Waals surface area contributed by atoms with Gasteiger partial charge in [-0.05, 0) is 43.9 Å². The Bertz CT molecular complexity index is 752. The van der Waals surface area contributed by atoms with Crippen molar-refractivity contribution in [1.29, 1.82) is 0 Å². The Morgan fingerprint density at radius 3 is 2.91 bits per heavy atom. The summed E-state index contributed by atoms with van der Waals surface area (Å²) in [7, 11) is 0. The van der Waals surface area contributed by atoms with Crippen LogP contribution in [-0.2, 0) is 0 Å². The molecule has 6 nitrogen and oxygen atoms in total. The highest BCUT2D eigenvalue weighted by molar-refractivity contribution is 6.33. The predicted octanol–water partition coefficient (Wildman–Crippen LogP) is 2.43. The van der Waals surface area contributed by atoms with Crippen LogP contribution in [0.5, 0.6) is 0 Å². The Hall–Kier alpha value is -2.08. The summed E-state index contributed by atoms with van der Waals surface area (Å²) in [5, 5.41) is 6.79. The number of aromatic nitrogens is 3. The maximum Gasteiger partial charge on any atom is 0.340 e. The Labute approximate surface area is 132 Å². The Morgan fingerprint density at radius 2 is 2.23 bits per heavy atom. The van der Waals surface area contributed by atoms with Gasteiger partial charge in [0, 0.05) is 6.54 Å². The van der Waals surface area contributed by atoms with E-state index in [9.17, 15) is 9.59 Å². The normalized spacial score (nSPS) is 18.5. The molecule has 0 bridgehead atoms. The van der Waals surface area contributed by atoms with E-state index in [0.29, 0.717) is 23.0 Å². The lowest BCUT2D eigenvalue weighted by Gasteiger charge is -2.34. The van der Waals surface area contributed by atoms with Crippen LogP contribution < -0.4 is 5.69 Å². The van der Waals surface area contributed by atoms with Gasteiger partial charge in [-0.3, -0.25) is 9.78 Å². The second-order valence-corrected chi connectivity index (χ2v) is 5.96. The Kier molecular flexibility index (Phi) is 4.02.